The van der Waals surface area contributed by atoms with E-state index in [9.17, 15) is 4.79 Å². The number of ether oxygens (including phenoxy) is 1. The third-order valence-electron chi connectivity index (χ3n) is 6.08. The average molecular weight is 406 g/mol. The van der Waals surface area contributed by atoms with E-state index in [1.54, 1.807) is 0 Å². The Balaban J connectivity index is 1.44. The summed E-state index contributed by atoms with van der Waals surface area (Å²) < 4.78 is 8.40. The van der Waals surface area contributed by atoms with Gasteiger partial charge in [0.05, 0.1) is 17.6 Å². The van der Waals surface area contributed by atoms with Gasteiger partial charge in [-0.05, 0) is 56.9 Å². The fraction of sp³-hybridized carbons (Fsp3) is 0.440. The fourth-order valence-electron chi connectivity index (χ4n) is 4.46. The molecule has 0 saturated carbocycles. The van der Waals surface area contributed by atoms with Gasteiger partial charge < -0.3 is 14.2 Å². The lowest BCUT2D eigenvalue weighted by molar-refractivity contribution is -0.127. The molecule has 30 heavy (non-hydrogen) atoms. The van der Waals surface area contributed by atoms with Crippen LogP contribution in [0.1, 0.15) is 49.1 Å². The Morgan fingerprint density at radius 1 is 1.07 bits per heavy atom. The lowest BCUT2D eigenvalue weighted by atomic mass is 10.1. The van der Waals surface area contributed by atoms with Gasteiger partial charge in [-0.3, -0.25) is 4.79 Å². The molecule has 4 rings (SSSR count). The molecule has 0 N–H and O–H groups in total. The van der Waals surface area contributed by atoms with E-state index in [1.807, 2.05) is 17.9 Å². The maximum absolute atomic E-state index is 12.3. The Bertz CT molecular complexity index is 1020. The first-order chi connectivity index (χ1) is 14.6. The molecule has 0 spiro atoms. The highest BCUT2D eigenvalue weighted by molar-refractivity contribution is 5.80. The normalized spacial score (nSPS) is 16.6. The SMILES string of the molecule is CCN1CC(c2nc3ccccc3n2CCCCOc2c(C)cccc2C)CC1=O. The lowest BCUT2D eigenvalue weighted by Gasteiger charge is -2.16. The van der Waals surface area contributed by atoms with E-state index in [4.69, 9.17) is 9.72 Å². The van der Waals surface area contributed by atoms with Crippen molar-refractivity contribution in [2.75, 3.05) is 19.7 Å². The number of amides is 1. The number of fused-ring (bicyclic) bond motifs is 1. The molecule has 1 unspecified atom stereocenters. The maximum Gasteiger partial charge on any atom is 0.223 e. The fourth-order valence-corrected chi connectivity index (χ4v) is 4.46. The number of likely N-dealkylation sites (tertiary alicyclic amines) is 1. The minimum Gasteiger partial charge on any atom is -0.493 e. The second kappa shape index (κ2) is 8.90. The number of para-hydroxylation sites is 3. The van der Waals surface area contributed by atoms with Crippen molar-refractivity contribution >= 4 is 16.9 Å². The summed E-state index contributed by atoms with van der Waals surface area (Å²) in [6.07, 6.45) is 2.55. The summed E-state index contributed by atoms with van der Waals surface area (Å²) in [5.41, 5.74) is 4.54. The Kier molecular flexibility index (Phi) is 6.07. The van der Waals surface area contributed by atoms with Gasteiger partial charge in [-0.2, -0.15) is 0 Å². The van der Waals surface area contributed by atoms with Crippen LogP contribution in [0.3, 0.4) is 0 Å². The predicted octanol–water partition coefficient (Wildman–Crippen LogP) is 4.85. The maximum atomic E-state index is 12.3. The summed E-state index contributed by atoms with van der Waals surface area (Å²) in [4.78, 5) is 19.1. The number of hydrogen-bond acceptors (Lipinski definition) is 3. The summed E-state index contributed by atoms with van der Waals surface area (Å²) in [6.45, 7) is 9.37. The summed E-state index contributed by atoms with van der Waals surface area (Å²) in [5.74, 6) is 2.48. The van der Waals surface area contributed by atoms with Crippen LogP contribution in [0.25, 0.3) is 11.0 Å². The molecular weight excluding hydrogens is 374 g/mol. The van der Waals surface area contributed by atoms with Crippen molar-refractivity contribution in [1.82, 2.24) is 14.5 Å². The van der Waals surface area contributed by atoms with E-state index in [-0.39, 0.29) is 11.8 Å². The molecule has 1 aliphatic heterocycles. The minimum absolute atomic E-state index is 0.177. The molecule has 1 aliphatic rings. The van der Waals surface area contributed by atoms with Crippen molar-refractivity contribution in [1.29, 1.82) is 0 Å². The van der Waals surface area contributed by atoms with E-state index >= 15 is 0 Å². The van der Waals surface area contributed by atoms with Gasteiger partial charge in [0.1, 0.15) is 11.6 Å². The number of nitrogens with zero attached hydrogens (tertiary/aromatic N) is 3. The van der Waals surface area contributed by atoms with Crippen LogP contribution in [0, 0.1) is 13.8 Å². The third-order valence-corrected chi connectivity index (χ3v) is 6.08. The van der Waals surface area contributed by atoms with Gasteiger partial charge in [-0.15, -0.1) is 0 Å². The van der Waals surface area contributed by atoms with Crippen molar-refractivity contribution in [3.8, 4) is 5.75 Å². The highest BCUT2D eigenvalue weighted by Crippen LogP contribution is 2.30. The standard InChI is InChI=1S/C25H31N3O2/c1-4-27-17-20(16-23(27)29)25-26-21-12-5-6-13-22(21)28(25)14-7-8-15-30-24-18(2)10-9-11-19(24)3/h5-6,9-13,20H,4,7-8,14-17H2,1-3H3. The monoisotopic (exact) mass is 405 g/mol. The minimum atomic E-state index is 0.177. The Morgan fingerprint density at radius 2 is 1.83 bits per heavy atom. The van der Waals surface area contributed by atoms with Gasteiger partial charge in [0.15, 0.2) is 0 Å². The van der Waals surface area contributed by atoms with Crippen LogP contribution in [-0.4, -0.2) is 40.1 Å². The summed E-state index contributed by atoms with van der Waals surface area (Å²) in [6, 6.07) is 14.5. The summed E-state index contributed by atoms with van der Waals surface area (Å²) >= 11 is 0. The number of unbranched alkanes of at least 4 members (excludes halogenated alkanes) is 1. The summed E-state index contributed by atoms with van der Waals surface area (Å²) in [7, 11) is 0. The number of likely N-dealkylation sites (N-methyl/N-ethyl adjacent to an activating group) is 1. The highest BCUT2D eigenvalue weighted by atomic mass is 16.5. The molecule has 1 fully saturated rings. The van der Waals surface area contributed by atoms with Crippen molar-refractivity contribution in [3.63, 3.8) is 0 Å². The number of imidazole rings is 1. The predicted molar refractivity (Wildman–Crippen MR) is 120 cm³/mol. The molecule has 2 heterocycles. The number of carbonyl (C=O) groups excluding carboxylic acids is 1. The average Bonchev–Trinajstić information content (AvgIpc) is 3.30. The molecule has 2 aromatic carbocycles. The molecule has 0 radical (unpaired) electrons. The molecule has 1 saturated heterocycles. The van der Waals surface area contributed by atoms with Gasteiger partial charge in [0.25, 0.3) is 0 Å². The zero-order valence-corrected chi connectivity index (χ0v) is 18.2. The van der Waals surface area contributed by atoms with Crippen LogP contribution in [0.4, 0.5) is 0 Å². The van der Waals surface area contributed by atoms with Crippen molar-refractivity contribution < 1.29 is 9.53 Å². The molecule has 5 heteroatoms. The first kappa shape index (κ1) is 20.5. The summed E-state index contributed by atoms with van der Waals surface area (Å²) in [5, 5.41) is 0. The molecule has 3 aromatic rings. The smallest absolute Gasteiger partial charge is 0.223 e. The Morgan fingerprint density at radius 3 is 2.57 bits per heavy atom. The molecule has 1 aromatic heterocycles. The van der Waals surface area contributed by atoms with Crippen molar-refractivity contribution in [3.05, 3.63) is 59.4 Å². The zero-order chi connectivity index (χ0) is 21.1. The molecule has 0 bridgehead atoms. The highest BCUT2D eigenvalue weighted by Gasteiger charge is 2.32. The topological polar surface area (TPSA) is 47.4 Å². The van der Waals surface area contributed by atoms with Crippen LogP contribution >= 0.6 is 0 Å². The number of benzene rings is 2. The van der Waals surface area contributed by atoms with E-state index < -0.39 is 0 Å². The molecular formula is C25H31N3O2. The Labute approximate surface area is 178 Å². The van der Waals surface area contributed by atoms with Crippen LogP contribution < -0.4 is 4.74 Å². The van der Waals surface area contributed by atoms with E-state index in [0.717, 1.165) is 55.1 Å². The number of aromatic nitrogens is 2. The molecule has 1 amide bonds. The first-order valence-corrected chi connectivity index (χ1v) is 11.0. The lowest BCUT2D eigenvalue weighted by Crippen LogP contribution is -2.24. The van der Waals surface area contributed by atoms with Crippen LogP contribution in [0.15, 0.2) is 42.5 Å². The van der Waals surface area contributed by atoms with Gasteiger partial charge in [0.2, 0.25) is 5.91 Å². The molecule has 158 valence electrons. The first-order valence-electron chi connectivity index (χ1n) is 11.0. The molecule has 5 nitrogen and oxygen atoms in total. The molecule has 0 aliphatic carbocycles. The van der Waals surface area contributed by atoms with Gasteiger partial charge in [-0.1, -0.05) is 30.3 Å². The largest absolute Gasteiger partial charge is 0.493 e. The van der Waals surface area contributed by atoms with E-state index in [0.29, 0.717) is 13.0 Å². The van der Waals surface area contributed by atoms with E-state index in [2.05, 4.69) is 54.8 Å². The molecule has 1 atom stereocenters. The van der Waals surface area contributed by atoms with Gasteiger partial charge in [0, 0.05) is 32.0 Å². The van der Waals surface area contributed by atoms with Gasteiger partial charge in [-0.25, -0.2) is 4.98 Å². The van der Waals surface area contributed by atoms with Gasteiger partial charge >= 0.3 is 0 Å². The van der Waals surface area contributed by atoms with Crippen molar-refractivity contribution in [2.45, 2.75) is 52.5 Å². The van der Waals surface area contributed by atoms with Crippen LogP contribution in [0.2, 0.25) is 0 Å². The number of carbonyl (C=O) groups is 1. The van der Waals surface area contributed by atoms with Crippen molar-refractivity contribution in [2.24, 2.45) is 0 Å². The van der Waals surface area contributed by atoms with Crippen LogP contribution in [0.5, 0.6) is 5.75 Å². The third kappa shape index (κ3) is 4.07. The Hall–Kier alpha value is -2.82. The number of hydrogen-bond donors (Lipinski definition) is 0. The zero-order valence-electron chi connectivity index (χ0n) is 18.2. The second-order valence-electron chi connectivity index (χ2n) is 8.22. The quantitative estimate of drug-likeness (QED) is 0.504. The van der Waals surface area contributed by atoms with Crippen LogP contribution in [-0.2, 0) is 11.3 Å². The second-order valence-corrected chi connectivity index (χ2v) is 8.22. The number of aryl methyl sites for hydroxylation is 3. The number of rotatable bonds is 8. The van der Waals surface area contributed by atoms with E-state index in [1.165, 1.54) is 11.1 Å².